The third kappa shape index (κ3) is 6.21. The number of ether oxygens (including phenoxy) is 1. The molecular weight excluding hydrogens is 492 g/mol. The number of hydrogen-bond donors (Lipinski definition) is 0. The number of pyridine rings is 1. The average molecular weight is 531 g/mol. The maximum absolute atomic E-state index is 13.5. The molecule has 9 heteroatoms. The molecular formula is C27H38N4O3S2. The number of anilines is 1. The summed E-state index contributed by atoms with van der Waals surface area (Å²) >= 11 is 6.94. The first-order chi connectivity index (χ1) is 17.4. The SMILES string of the molecule is CCCCC(CC)CN1C(=O)C(=Cc2c(C)c(C#N)c(=O)n(CCCC)c2N2CCOCC2)SC1=S. The molecule has 196 valence electrons. The Balaban J connectivity index is 2.09. The van der Waals surface area contributed by atoms with Crippen molar-refractivity contribution in [2.45, 2.75) is 72.8 Å². The van der Waals surface area contributed by atoms with E-state index in [1.54, 1.807) is 16.4 Å². The lowest BCUT2D eigenvalue weighted by Crippen LogP contribution is -2.41. The summed E-state index contributed by atoms with van der Waals surface area (Å²) in [6.45, 7) is 11.8. The molecule has 36 heavy (non-hydrogen) atoms. The summed E-state index contributed by atoms with van der Waals surface area (Å²) < 4.78 is 7.87. The van der Waals surface area contributed by atoms with Crippen molar-refractivity contribution in [1.82, 2.24) is 9.47 Å². The third-order valence-electron chi connectivity index (χ3n) is 7.03. The zero-order valence-electron chi connectivity index (χ0n) is 22.0. The highest BCUT2D eigenvalue weighted by Gasteiger charge is 2.34. The Labute approximate surface area is 224 Å². The van der Waals surface area contributed by atoms with Crippen LogP contribution in [0.15, 0.2) is 9.70 Å². The number of carbonyl (C=O) groups is 1. The number of hydrogen-bond acceptors (Lipinski definition) is 7. The van der Waals surface area contributed by atoms with Gasteiger partial charge in [-0.15, -0.1) is 0 Å². The molecule has 3 rings (SSSR count). The second kappa shape index (κ2) is 13.4. The molecule has 0 saturated carbocycles. The fraction of sp³-hybridized carbons (Fsp3) is 0.630. The smallest absolute Gasteiger partial charge is 0.270 e. The normalized spacial score (nSPS) is 18.2. The van der Waals surface area contributed by atoms with Gasteiger partial charge in [0.05, 0.1) is 18.1 Å². The molecule has 7 nitrogen and oxygen atoms in total. The quantitative estimate of drug-likeness (QED) is 0.291. The summed E-state index contributed by atoms with van der Waals surface area (Å²) in [6, 6.07) is 2.12. The Hall–Kier alpha value is -2.15. The minimum absolute atomic E-state index is 0.0860. The molecule has 0 bridgehead atoms. The molecule has 3 heterocycles. The number of morpholine rings is 1. The van der Waals surface area contributed by atoms with E-state index in [2.05, 4.69) is 31.7 Å². The maximum Gasteiger partial charge on any atom is 0.270 e. The molecule has 0 aliphatic carbocycles. The van der Waals surface area contributed by atoms with E-state index in [9.17, 15) is 14.9 Å². The van der Waals surface area contributed by atoms with Crippen molar-refractivity contribution in [3.63, 3.8) is 0 Å². The van der Waals surface area contributed by atoms with Crippen molar-refractivity contribution in [1.29, 1.82) is 5.26 Å². The molecule has 1 unspecified atom stereocenters. The number of amides is 1. The van der Waals surface area contributed by atoms with Crippen LogP contribution in [0.5, 0.6) is 0 Å². The van der Waals surface area contributed by atoms with Crippen molar-refractivity contribution in [2.24, 2.45) is 5.92 Å². The third-order valence-corrected chi connectivity index (χ3v) is 8.40. The number of thioether (sulfide) groups is 1. The van der Waals surface area contributed by atoms with Gasteiger partial charge < -0.3 is 9.64 Å². The van der Waals surface area contributed by atoms with Crippen molar-refractivity contribution < 1.29 is 9.53 Å². The van der Waals surface area contributed by atoms with E-state index in [4.69, 9.17) is 17.0 Å². The molecule has 1 aromatic heterocycles. The lowest BCUT2D eigenvalue weighted by molar-refractivity contribution is -0.122. The van der Waals surface area contributed by atoms with Crippen LogP contribution in [0.4, 0.5) is 5.82 Å². The number of thiocarbonyl (C=S) groups is 1. The molecule has 2 aliphatic rings. The van der Waals surface area contributed by atoms with Gasteiger partial charge in [0.1, 0.15) is 21.8 Å². The minimum atomic E-state index is -0.267. The van der Waals surface area contributed by atoms with Crippen LogP contribution in [0.2, 0.25) is 0 Å². The highest BCUT2D eigenvalue weighted by atomic mass is 32.2. The van der Waals surface area contributed by atoms with Crippen molar-refractivity contribution in [2.75, 3.05) is 37.7 Å². The van der Waals surface area contributed by atoms with Gasteiger partial charge in [0.2, 0.25) is 0 Å². The van der Waals surface area contributed by atoms with Gasteiger partial charge in [-0.3, -0.25) is 19.1 Å². The van der Waals surface area contributed by atoms with E-state index < -0.39 is 0 Å². The van der Waals surface area contributed by atoms with Crippen molar-refractivity contribution >= 4 is 46.1 Å². The standard InChI is InChI=1S/C27H38N4O3S2/c1-5-8-10-20(7-3)18-31-26(33)23(36-27(31)35)16-21-19(4)22(17-28)25(32)30(11-9-6-2)24(21)29-12-14-34-15-13-29/h16,20H,5-15,18H2,1-4H3. The van der Waals surface area contributed by atoms with Gasteiger partial charge in [0.25, 0.3) is 11.5 Å². The Bertz CT molecular complexity index is 1100. The first kappa shape index (κ1) is 28.4. The van der Waals surface area contributed by atoms with Gasteiger partial charge in [-0.25, -0.2) is 0 Å². The zero-order valence-corrected chi connectivity index (χ0v) is 23.6. The fourth-order valence-corrected chi connectivity index (χ4v) is 6.00. The van der Waals surface area contributed by atoms with E-state index in [-0.39, 0.29) is 17.0 Å². The lowest BCUT2D eigenvalue weighted by Gasteiger charge is -2.33. The topological polar surface area (TPSA) is 78.6 Å². The second-order valence-electron chi connectivity index (χ2n) is 9.47. The summed E-state index contributed by atoms with van der Waals surface area (Å²) in [5.74, 6) is 1.10. The summed E-state index contributed by atoms with van der Waals surface area (Å²) in [4.78, 5) is 31.3. The maximum atomic E-state index is 13.5. The predicted octanol–water partition coefficient (Wildman–Crippen LogP) is 5.08. The monoisotopic (exact) mass is 530 g/mol. The van der Waals surface area contributed by atoms with Crippen LogP contribution in [-0.2, 0) is 16.1 Å². The molecule has 2 aliphatic heterocycles. The fourth-order valence-electron chi connectivity index (χ4n) is 4.75. The molecule has 0 spiro atoms. The van der Waals surface area contributed by atoms with Crippen LogP contribution in [0.25, 0.3) is 6.08 Å². The van der Waals surface area contributed by atoms with Gasteiger partial charge in [0, 0.05) is 31.7 Å². The number of unbranched alkanes of at least 4 members (excludes halogenated alkanes) is 2. The molecule has 1 atom stereocenters. The predicted molar refractivity (Wildman–Crippen MR) is 151 cm³/mol. The van der Waals surface area contributed by atoms with Gasteiger partial charge in [-0.2, -0.15) is 5.26 Å². The highest BCUT2D eigenvalue weighted by Crippen LogP contribution is 2.37. The van der Waals surface area contributed by atoms with E-state index in [0.29, 0.717) is 60.1 Å². The lowest BCUT2D eigenvalue weighted by atomic mass is 9.99. The summed E-state index contributed by atoms with van der Waals surface area (Å²) in [7, 11) is 0. The first-order valence-corrected chi connectivity index (χ1v) is 14.4. The molecule has 0 aromatic carbocycles. The highest BCUT2D eigenvalue weighted by molar-refractivity contribution is 8.26. The van der Waals surface area contributed by atoms with E-state index in [1.807, 2.05) is 6.08 Å². The van der Waals surface area contributed by atoms with Gasteiger partial charge in [0.15, 0.2) is 0 Å². The largest absolute Gasteiger partial charge is 0.378 e. The van der Waals surface area contributed by atoms with Crippen molar-refractivity contribution in [3.05, 3.63) is 31.9 Å². The van der Waals surface area contributed by atoms with E-state index in [1.165, 1.54) is 11.8 Å². The zero-order chi connectivity index (χ0) is 26.2. The van der Waals surface area contributed by atoms with Crippen LogP contribution in [-0.4, -0.2) is 52.5 Å². The summed E-state index contributed by atoms with van der Waals surface area (Å²) in [5, 5.41) is 9.85. The van der Waals surface area contributed by atoms with Gasteiger partial charge >= 0.3 is 0 Å². The summed E-state index contributed by atoms with van der Waals surface area (Å²) in [6.07, 6.45) is 7.96. The van der Waals surface area contributed by atoms with Crippen LogP contribution in [0.1, 0.15) is 76.0 Å². The number of nitrogens with zero attached hydrogens (tertiary/aromatic N) is 4. The Morgan fingerprint density at radius 1 is 1.17 bits per heavy atom. The second-order valence-corrected chi connectivity index (χ2v) is 11.1. The first-order valence-electron chi connectivity index (χ1n) is 13.1. The van der Waals surface area contributed by atoms with Gasteiger partial charge in [-0.1, -0.05) is 70.4 Å². The Morgan fingerprint density at radius 3 is 2.47 bits per heavy atom. The Kier molecular flexibility index (Phi) is 10.6. The molecule has 1 aromatic rings. The molecule has 2 fully saturated rings. The van der Waals surface area contributed by atoms with Crippen LogP contribution in [0, 0.1) is 24.2 Å². The molecule has 1 amide bonds. The number of nitriles is 1. The van der Waals surface area contributed by atoms with Crippen LogP contribution < -0.4 is 10.5 Å². The van der Waals surface area contributed by atoms with Crippen molar-refractivity contribution in [3.8, 4) is 6.07 Å². The molecule has 2 saturated heterocycles. The van der Waals surface area contributed by atoms with Crippen LogP contribution in [0.3, 0.4) is 0 Å². The summed E-state index contributed by atoms with van der Waals surface area (Å²) in [5.41, 5.74) is 1.23. The van der Waals surface area contributed by atoms with E-state index in [0.717, 1.165) is 49.9 Å². The number of rotatable bonds is 11. The van der Waals surface area contributed by atoms with E-state index >= 15 is 0 Å². The number of carbonyl (C=O) groups excluding carboxylic acids is 1. The average Bonchev–Trinajstić information content (AvgIpc) is 3.15. The van der Waals surface area contributed by atoms with Gasteiger partial charge in [-0.05, 0) is 37.3 Å². The van der Waals surface area contributed by atoms with Crippen LogP contribution >= 0.6 is 24.0 Å². The minimum Gasteiger partial charge on any atom is -0.378 e. The molecule has 0 N–H and O–H groups in total. The Morgan fingerprint density at radius 2 is 1.86 bits per heavy atom. The molecule has 0 radical (unpaired) electrons. The number of aromatic nitrogens is 1.